The Bertz CT molecular complexity index is 592. The van der Waals surface area contributed by atoms with Crippen LogP contribution in [-0.4, -0.2) is 21.4 Å². The van der Waals surface area contributed by atoms with Gasteiger partial charge in [-0.3, -0.25) is 10.1 Å². The molecule has 0 atom stereocenters. The van der Waals surface area contributed by atoms with Gasteiger partial charge in [-0.15, -0.1) is 0 Å². The van der Waals surface area contributed by atoms with Crippen molar-refractivity contribution >= 4 is 17.4 Å². The van der Waals surface area contributed by atoms with E-state index < -0.39 is 0 Å². The fourth-order valence-corrected chi connectivity index (χ4v) is 2.49. The van der Waals surface area contributed by atoms with Crippen LogP contribution in [-0.2, 0) is 6.42 Å². The average molecular weight is 290 g/mol. The van der Waals surface area contributed by atoms with E-state index in [1.807, 2.05) is 6.07 Å². The summed E-state index contributed by atoms with van der Waals surface area (Å²) in [5.41, 5.74) is 6.45. The van der Waals surface area contributed by atoms with Crippen LogP contribution in [0.1, 0.15) is 12.0 Å². The molecule has 2 aromatic rings. The van der Waals surface area contributed by atoms with Gasteiger partial charge in [0.2, 0.25) is 0 Å². The molecular weight excluding hydrogens is 276 g/mol. The molecule has 1 heterocycles. The van der Waals surface area contributed by atoms with Gasteiger partial charge in [0.05, 0.1) is 9.82 Å². The van der Waals surface area contributed by atoms with Gasteiger partial charge in [-0.25, -0.2) is 9.97 Å². The van der Waals surface area contributed by atoms with Gasteiger partial charge in [0.25, 0.3) is 5.69 Å². The molecule has 0 spiro atoms. The van der Waals surface area contributed by atoms with Gasteiger partial charge in [0.1, 0.15) is 0 Å². The van der Waals surface area contributed by atoms with Crippen LogP contribution in [0.2, 0.25) is 0 Å². The lowest BCUT2D eigenvalue weighted by atomic mass is 10.1. The Morgan fingerprint density at radius 2 is 2.05 bits per heavy atom. The third-order valence-electron chi connectivity index (χ3n) is 2.63. The van der Waals surface area contributed by atoms with Crippen molar-refractivity contribution in [2.45, 2.75) is 22.9 Å². The Labute approximate surface area is 120 Å². The molecule has 0 radical (unpaired) electrons. The zero-order valence-corrected chi connectivity index (χ0v) is 11.5. The molecule has 0 saturated carbocycles. The molecule has 0 aliphatic carbocycles. The third-order valence-corrected chi connectivity index (χ3v) is 3.59. The SMILES string of the molecule is NCCCc1ccc(Sc2ncccn2)c([N+](=O)[O-])c1. The van der Waals surface area contributed by atoms with Crippen molar-refractivity contribution in [3.8, 4) is 0 Å². The molecule has 2 rings (SSSR count). The van der Waals surface area contributed by atoms with Crippen molar-refractivity contribution in [3.05, 3.63) is 52.3 Å². The number of nitro benzene ring substituents is 1. The summed E-state index contributed by atoms with van der Waals surface area (Å²) in [5.74, 6) is 0. The molecule has 7 heteroatoms. The van der Waals surface area contributed by atoms with E-state index in [9.17, 15) is 10.1 Å². The predicted molar refractivity (Wildman–Crippen MR) is 76.6 cm³/mol. The number of rotatable bonds is 6. The van der Waals surface area contributed by atoms with Crippen molar-refractivity contribution in [2.24, 2.45) is 5.73 Å². The predicted octanol–water partition coefficient (Wildman–Crippen LogP) is 2.43. The van der Waals surface area contributed by atoms with E-state index >= 15 is 0 Å². The van der Waals surface area contributed by atoms with E-state index in [2.05, 4.69) is 9.97 Å². The molecule has 0 amide bonds. The summed E-state index contributed by atoms with van der Waals surface area (Å²) < 4.78 is 0. The van der Waals surface area contributed by atoms with E-state index in [-0.39, 0.29) is 10.6 Å². The van der Waals surface area contributed by atoms with Crippen LogP contribution in [0.25, 0.3) is 0 Å². The zero-order chi connectivity index (χ0) is 14.4. The Morgan fingerprint density at radius 1 is 1.30 bits per heavy atom. The standard InChI is InChI=1S/C13H14N4O2S/c14-6-1-3-10-4-5-12(11(9-10)17(18)19)20-13-15-7-2-8-16-13/h2,4-5,7-9H,1,3,6,14H2. The molecule has 6 nitrogen and oxygen atoms in total. The number of nitro groups is 1. The van der Waals surface area contributed by atoms with Crippen LogP contribution < -0.4 is 5.73 Å². The molecule has 1 aromatic heterocycles. The number of benzene rings is 1. The van der Waals surface area contributed by atoms with Crippen molar-refractivity contribution in [1.29, 1.82) is 0 Å². The fourth-order valence-electron chi connectivity index (χ4n) is 1.69. The molecular formula is C13H14N4O2S. The average Bonchev–Trinajstić information content (AvgIpc) is 2.47. The first-order valence-electron chi connectivity index (χ1n) is 6.13. The largest absolute Gasteiger partial charge is 0.330 e. The van der Waals surface area contributed by atoms with E-state index in [1.54, 1.807) is 30.6 Å². The van der Waals surface area contributed by atoms with Crippen LogP contribution in [0.3, 0.4) is 0 Å². The summed E-state index contributed by atoms with van der Waals surface area (Å²) in [4.78, 5) is 19.4. The highest BCUT2D eigenvalue weighted by molar-refractivity contribution is 7.99. The minimum atomic E-state index is -0.378. The van der Waals surface area contributed by atoms with Crippen LogP contribution in [0.4, 0.5) is 5.69 Å². The van der Waals surface area contributed by atoms with Gasteiger partial charge in [-0.05, 0) is 48.8 Å². The summed E-state index contributed by atoms with van der Waals surface area (Å²) in [6.45, 7) is 0.572. The molecule has 0 aliphatic rings. The lowest BCUT2D eigenvalue weighted by molar-refractivity contribution is -0.387. The fraction of sp³-hybridized carbons (Fsp3) is 0.231. The first-order chi connectivity index (χ1) is 9.70. The summed E-state index contributed by atoms with van der Waals surface area (Å²) in [6, 6.07) is 6.92. The van der Waals surface area contributed by atoms with Crippen LogP contribution in [0.5, 0.6) is 0 Å². The lowest BCUT2D eigenvalue weighted by Crippen LogP contribution is -2.01. The smallest absolute Gasteiger partial charge is 0.283 e. The van der Waals surface area contributed by atoms with E-state index in [0.717, 1.165) is 18.4 Å². The van der Waals surface area contributed by atoms with Crippen molar-refractivity contribution in [3.63, 3.8) is 0 Å². The second kappa shape index (κ2) is 6.97. The molecule has 104 valence electrons. The molecule has 0 bridgehead atoms. The molecule has 0 saturated heterocycles. The van der Waals surface area contributed by atoms with Gasteiger partial charge in [0, 0.05) is 18.5 Å². The summed E-state index contributed by atoms with van der Waals surface area (Å²) in [6.07, 6.45) is 4.77. The molecule has 1 aromatic carbocycles. The maximum Gasteiger partial charge on any atom is 0.283 e. The third kappa shape index (κ3) is 3.75. The topological polar surface area (TPSA) is 94.9 Å². The maximum atomic E-state index is 11.2. The number of hydrogen-bond acceptors (Lipinski definition) is 6. The number of hydrogen-bond donors (Lipinski definition) is 1. The van der Waals surface area contributed by atoms with Gasteiger partial charge in [0.15, 0.2) is 5.16 Å². The normalized spacial score (nSPS) is 10.4. The summed E-state index contributed by atoms with van der Waals surface area (Å²) in [7, 11) is 0. The van der Waals surface area contributed by atoms with Crippen molar-refractivity contribution in [1.82, 2.24) is 9.97 Å². The number of aromatic nitrogens is 2. The second-order valence-electron chi connectivity index (χ2n) is 4.08. The molecule has 0 aliphatic heterocycles. The number of nitrogens with two attached hydrogens (primary N) is 1. The first-order valence-corrected chi connectivity index (χ1v) is 6.94. The van der Waals surface area contributed by atoms with Gasteiger partial charge in [-0.2, -0.15) is 0 Å². The summed E-state index contributed by atoms with van der Waals surface area (Å²) >= 11 is 1.19. The number of aryl methyl sites for hydroxylation is 1. The van der Waals surface area contributed by atoms with E-state index in [4.69, 9.17) is 5.73 Å². The minimum absolute atomic E-state index is 0.0805. The first kappa shape index (κ1) is 14.4. The Hall–Kier alpha value is -1.99. The van der Waals surface area contributed by atoms with E-state index in [0.29, 0.717) is 16.6 Å². The Kier molecular flexibility index (Phi) is 5.03. The quantitative estimate of drug-likeness (QED) is 0.498. The minimum Gasteiger partial charge on any atom is -0.330 e. The van der Waals surface area contributed by atoms with Crippen LogP contribution in [0.15, 0.2) is 46.7 Å². The van der Waals surface area contributed by atoms with Crippen molar-refractivity contribution < 1.29 is 4.92 Å². The lowest BCUT2D eigenvalue weighted by Gasteiger charge is -2.04. The van der Waals surface area contributed by atoms with Gasteiger partial charge < -0.3 is 5.73 Å². The van der Waals surface area contributed by atoms with Gasteiger partial charge in [-0.1, -0.05) is 6.07 Å². The summed E-state index contributed by atoms with van der Waals surface area (Å²) in [5, 5.41) is 11.7. The Morgan fingerprint density at radius 3 is 2.70 bits per heavy atom. The number of nitrogens with zero attached hydrogens (tertiary/aromatic N) is 3. The van der Waals surface area contributed by atoms with Crippen LogP contribution in [0, 0.1) is 10.1 Å². The van der Waals surface area contributed by atoms with Gasteiger partial charge >= 0.3 is 0 Å². The highest BCUT2D eigenvalue weighted by Gasteiger charge is 2.16. The molecule has 2 N–H and O–H groups in total. The monoisotopic (exact) mass is 290 g/mol. The van der Waals surface area contributed by atoms with Crippen LogP contribution >= 0.6 is 11.8 Å². The highest BCUT2D eigenvalue weighted by Crippen LogP contribution is 2.33. The van der Waals surface area contributed by atoms with E-state index in [1.165, 1.54) is 11.8 Å². The molecule has 0 fully saturated rings. The molecule has 20 heavy (non-hydrogen) atoms. The maximum absolute atomic E-state index is 11.2. The Balaban J connectivity index is 2.26. The highest BCUT2D eigenvalue weighted by atomic mass is 32.2. The molecule has 0 unspecified atom stereocenters. The zero-order valence-electron chi connectivity index (χ0n) is 10.7. The second-order valence-corrected chi connectivity index (χ2v) is 5.09. The van der Waals surface area contributed by atoms with Crippen molar-refractivity contribution in [2.75, 3.05) is 6.54 Å².